The maximum absolute atomic E-state index is 12.4. The van der Waals surface area contributed by atoms with E-state index in [1.165, 1.54) is 0 Å². The van der Waals surface area contributed by atoms with Gasteiger partial charge in [0.1, 0.15) is 5.78 Å². The number of para-hydroxylation sites is 1. The van der Waals surface area contributed by atoms with Crippen LogP contribution in [0, 0.1) is 0 Å². The molecule has 2 saturated heterocycles. The quantitative estimate of drug-likeness (QED) is 0.917. The van der Waals surface area contributed by atoms with Crippen molar-refractivity contribution in [3.63, 3.8) is 0 Å². The van der Waals surface area contributed by atoms with E-state index in [0.717, 1.165) is 36.8 Å². The first kappa shape index (κ1) is 17.1. The highest BCUT2D eigenvalue weighted by atomic mass is 16.5. The summed E-state index contributed by atoms with van der Waals surface area (Å²) in [5.74, 6) is 0.255. The van der Waals surface area contributed by atoms with E-state index in [1.54, 1.807) is 6.20 Å². The van der Waals surface area contributed by atoms with Gasteiger partial charge in [-0.05, 0) is 25.0 Å². The topological polar surface area (TPSA) is 71.5 Å². The number of fused-ring (bicyclic) bond motifs is 1. The van der Waals surface area contributed by atoms with Gasteiger partial charge in [-0.3, -0.25) is 19.5 Å². The van der Waals surface area contributed by atoms with Crippen molar-refractivity contribution in [2.24, 2.45) is 0 Å². The Bertz CT molecular complexity index is 828. The molecule has 6 nitrogen and oxygen atoms in total. The van der Waals surface area contributed by atoms with Gasteiger partial charge in [0.2, 0.25) is 5.91 Å². The molecule has 0 saturated carbocycles. The Labute approximate surface area is 152 Å². The predicted octanol–water partition coefficient (Wildman–Crippen LogP) is 2.39. The van der Waals surface area contributed by atoms with E-state index >= 15 is 0 Å². The number of aromatic nitrogens is 1. The Morgan fingerprint density at radius 3 is 2.88 bits per heavy atom. The lowest BCUT2D eigenvalue weighted by atomic mass is 9.84. The first-order valence-corrected chi connectivity index (χ1v) is 9.15. The second-order valence-electron chi connectivity index (χ2n) is 7.24. The number of Topliss-reactive ketones (excluding diaryl/α,β-unsaturated/α-hetero) is 1. The number of ether oxygens (including phenoxy) is 1. The molecule has 2 aliphatic heterocycles. The maximum Gasteiger partial charge on any atom is 0.238 e. The molecular weight excluding hydrogens is 330 g/mol. The van der Waals surface area contributed by atoms with Crippen LogP contribution in [0.3, 0.4) is 0 Å². The van der Waals surface area contributed by atoms with Gasteiger partial charge in [0, 0.05) is 31.3 Å². The fourth-order valence-electron chi connectivity index (χ4n) is 3.86. The van der Waals surface area contributed by atoms with Gasteiger partial charge in [-0.15, -0.1) is 0 Å². The summed E-state index contributed by atoms with van der Waals surface area (Å²) in [7, 11) is 0. The molecule has 0 radical (unpaired) electrons. The average molecular weight is 353 g/mol. The molecule has 6 heteroatoms. The fourth-order valence-corrected chi connectivity index (χ4v) is 3.86. The van der Waals surface area contributed by atoms with Crippen LogP contribution in [-0.2, 0) is 14.3 Å². The van der Waals surface area contributed by atoms with Crippen molar-refractivity contribution in [1.29, 1.82) is 0 Å². The van der Waals surface area contributed by atoms with Gasteiger partial charge in [0.25, 0.3) is 0 Å². The number of anilines is 1. The number of rotatable bonds is 3. The van der Waals surface area contributed by atoms with Crippen LogP contribution >= 0.6 is 0 Å². The number of hydrogen-bond acceptors (Lipinski definition) is 5. The summed E-state index contributed by atoms with van der Waals surface area (Å²) in [5.41, 5.74) is 1.34. The van der Waals surface area contributed by atoms with Crippen molar-refractivity contribution in [3.05, 3.63) is 36.5 Å². The monoisotopic (exact) mass is 353 g/mol. The molecule has 4 rings (SSSR count). The second kappa shape index (κ2) is 7.13. The van der Waals surface area contributed by atoms with Crippen LogP contribution in [0.25, 0.3) is 10.9 Å². The standard InChI is InChI=1S/C20H23N3O3/c24-17-5-10-26-20(12-17)6-8-23(9-7-20)14-19(25)22-16-11-15-3-1-2-4-18(15)21-13-16/h1-4,11,13H,5-10,12,14H2,(H,22,25). The van der Waals surface area contributed by atoms with E-state index < -0.39 is 0 Å². The third kappa shape index (κ3) is 3.76. The van der Waals surface area contributed by atoms with Gasteiger partial charge in [-0.25, -0.2) is 0 Å². The first-order chi connectivity index (χ1) is 12.6. The van der Waals surface area contributed by atoms with Gasteiger partial charge in [0.15, 0.2) is 0 Å². The lowest BCUT2D eigenvalue weighted by molar-refractivity contribution is -0.148. The Kier molecular flexibility index (Phi) is 4.70. The van der Waals surface area contributed by atoms with Crippen LogP contribution in [0.15, 0.2) is 36.5 Å². The number of carbonyl (C=O) groups excluding carboxylic acids is 2. The normalized spacial score (nSPS) is 20.4. The van der Waals surface area contributed by atoms with Gasteiger partial charge < -0.3 is 10.1 Å². The number of carbonyl (C=O) groups is 2. The van der Waals surface area contributed by atoms with E-state index in [-0.39, 0.29) is 11.5 Å². The molecule has 26 heavy (non-hydrogen) atoms. The van der Waals surface area contributed by atoms with Crippen molar-refractivity contribution >= 4 is 28.3 Å². The van der Waals surface area contributed by atoms with Crippen LogP contribution in [-0.4, -0.2) is 53.4 Å². The predicted molar refractivity (Wildman–Crippen MR) is 99.0 cm³/mol. The molecule has 2 aromatic rings. The van der Waals surface area contributed by atoms with Gasteiger partial charge in [0.05, 0.1) is 36.2 Å². The first-order valence-electron chi connectivity index (χ1n) is 9.15. The van der Waals surface area contributed by atoms with Crippen LogP contribution in [0.5, 0.6) is 0 Å². The minimum Gasteiger partial charge on any atom is -0.374 e. The highest BCUT2D eigenvalue weighted by Crippen LogP contribution is 2.33. The SMILES string of the molecule is O=C1CCOC2(CCN(CC(=O)Nc3cnc4ccccc4c3)CC2)C1. The number of pyridine rings is 1. The van der Waals surface area contributed by atoms with Crippen molar-refractivity contribution in [2.75, 3.05) is 31.6 Å². The highest BCUT2D eigenvalue weighted by Gasteiger charge is 2.39. The molecule has 0 bridgehead atoms. The number of ketones is 1. The van der Waals surface area contributed by atoms with E-state index in [2.05, 4.69) is 15.2 Å². The minimum atomic E-state index is -0.287. The van der Waals surface area contributed by atoms with E-state index in [9.17, 15) is 9.59 Å². The molecule has 136 valence electrons. The number of likely N-dealkylation sites (tertiary alicyclic amines) is 1. The number of piperidine rings is 1. The van der Waals surface area contributed by atoms with Crippen molar-refractivity contribution < 1.29 is 14.3 Å². The lowest BCUT2D eigenvalue weighted by Gasteiger charge is -2.43. The minimum absolute atomic E-state index is 0.0429. The molecule has 1 amide bonds. The average Bonchev–Trinajstić information content (AvgIpc) is 2.64. The molecule has 0 unspecified atom stereocenters. The number of nitrogens with zero attached hydrogens (tertiary/aromatic N) is 2. The summed E-state index contributed by atoms with van der Waals surface area (Å²) >= 11 is 0. The third-order valence-corrected chi connectivity index (χ3v) is 5.32. The van der Waals surface area contributed by atoms with Gasteiger partial charge in [-0.1, -0.05) is 18.2 Å². The second-order valence-corrected chi connectivity index (χ2v) is 7.24. The smallest absolute Gasteiger partial charge is 0.238 e. The van der Waals surface area contributed by atoms with Crippen molar-refractivity contribution in [3.8, 4) is 0 Å². The summed E-state index contributed by atoms with van der Waals surface area (Å²) < 4.78 is 5.91. The maximum atomic E-state index is 12.4. The number of amides is 1. The zero-order valence-corrected chi connectivity index (χ0v) is 14.7. The van der Waals surface area contributed by atoms with Crippen LogP contribution in [0.4, 0.5) is 5.69 Å². The van der Waals surface area contributed by atoms with Gasteiger partial charge in [-0.2, -0.15) is 0 Å². The number of hydrogen-bond donors (Lipinski definition) is 1. The lowest BCUT2D eigenvalue weighted by Crippen LogP contribution is -2.50. The number of benzene rings is 1. The fraction of sp³-hybridized carbons (Fsp3) is 0.450. The molecule has 0 aliphatic carbocycles. The largest absolute Gasteiger partial charge is 0.374 e. The molecule has 1 aromatic heterocycles. The molecule has 1 spiro atoms. The molecular formula is C20H23N3O3. The van der Waals surface area contributed by atoms with Gasteiger partial charge >= 0.3 is 0 Å². The summed E-state index contributed by atoms with van der Waals surface area (Å²) in [5, 5.41) is 3.93. The highest BCUT2D eigenvalue weighted by molar-refractivity contribution is 5.94. The molecule has 2 aliphatic rings. The van der Waals surface area contributed by atoms with Crippen LogP contribution in [0.2, 0.25) is 0 Å². The third-order valence-electron chi connectivity index (χ3n) is 5.32. The summed E-state index contributed by atoms with van der Waals surface area (Å²) in [6.45, 7) is 2.43. The van der Waals surface area contributed by atoms with E-state index in [0.29, 0.717) is 37.5 Å². The molecule has 2 fully saturated rings. The van der Waals surface area contributed by atoms with Crippen LogP contribution in [0.1, 0.15) is 25.7 Å². The van der Waals surface area contributed by atoms with Crippen LogP contribution < -0.4 is 5.32 Å². The zero-order valence-electron chi connectivity index (χ0n) is 14.7. The Morgan fingerprint density at radius 2 is 2.08 bits per heavy atom. The van der Waals surface area contributed by atoms with E-state index in [1.807, 2.05) is 30.3 Å². The summed E-state index contributed by atoms with van der Waals surface area (Å²) in [6, 6.07) is 9.76. The zero-order chi connectivity index (χ0) is 18.0. The molecule has 1 N–H and O–H groups in total. The summed E-state index contributed by atoms with van der Waals surface area (Å²) in [6.07, 6.45) is 4.36. The Balaban J connectivity index is 1.31. The Morgan fingerprint density at radius 1 is 1.27 bits per heavy atom. The van der Waals surface area contributed by atoms with Crippen molar-refractivity contribution in [2.45, 2.75) is 31.3 Å². The summed E-state index contributed by atoms with van der Waals surface area (Å²) in [4.78, 5) is 30.6. The number of nitrogens with one attached hydrogen (secondary N) is 1. The van der Waals surface area contributed by atoms with E-state index in [4.69, 9.17) is 4.74 Å². The Hall–Kier alpha value is -2.31. The molecule has 1 aromatic carbocycles. The molecule has 3 heterocycles. The molecule has 0 atom stereocenters. The van der Waals surface area contributed by atoms with Crippen molar-refractivity contribution in [1.82, 2.24) is 9.88 Å².